The molecule has 0 saturated carbocycles. The molecule has 1 fully saturated rings. The van der Waals surface area contributed by atoms with E-state index in [-0.39, 0.29) is 11.5 Å². The summed E-state index contributed by atoms with van der Waals surface area (Å²) in [6, 6.07) is 18.8. The average Bonchev–Trinajstić information content (AvgIpc) is 3.45. The fraction of sp³-hybridized carbons (Fsp3) is 0.200. The van der Waals surface area contributed by atoms with Crippen LogP contribution in [0.4, 0.5) is 5.69 Å². The van der Waals surface area contributed by atoms with E-state index in [1.54, 1.807) is 21.7 Å². The molecule has 0 spiro atoms. The number of nitrogens with zero attached hydrogens (tertiary/aromatic N) is 4. The second kappa shape index (κ2) is 8.26. The van der Waals surface area contributed by atoms with Crippen LogP contribution in [0, 0.1) is 6.92 Å². The monoisotopic (exact) mass is 426 g/mol. The van der Waals surface area contributed by atoms with Crippen LogP contribution in [0.5, 0.6) is 0 Å². The van der Waals surface area contributed by atoms with Crippen LogP contribution in [-0.4, -0.2) is 27.2 Å². The smallest absolute Gasteiger partial charge is 0.259 e. The molecule has 0 atom stereocenters. The number of aromatic nitrogens is 3. The molecular weight excluding hydrogens is 404 g/mol. The summed E-state index contributed by atoms with van der Waals surface area (Å²) < 4.78 is 7.07. The Hall–Kier alpha value is -4.00. The van der Waals surface area contributed by atoms with Gasteiger partial charge in [-0.2, -0.15) is 4.98 Å². The highest BCUT2D eigenvalue weighted by Crippen LogP contribution is 2.24. The van der Waals surface area contributed by atoms with Crippen molar-refractivity contribution < 1.29 is 9.32 Å². The number of pyridine rings is 1. The Labute approximate surface area is 184 Å². The predicted octanol–water partition coefficient (Wildman–Crippen LogP) is 4.05. The molecule has 32 heavy (non-hydrogen) atoms. The summed E-state index contributed by atoms with van der Waals surface area (Å²) in [6.45, 7) is 3.17. The van der Waals surface area contributed by atoms with Crippen LogP contribution >= 0.6 is 0 Å². The molecule has 7 nitrogen and oxygen atoms in total. The van der Waals surface area contributed by atoms with Gasteiger partial charge in [0.1, 0.15) is 0 Å². The van der Waals surface area contributed by atoms with Gasteiger partial charge in [-0.15, -0.1) is 0 Å². The summed E-state index contributed by atoms with van der Waals surface area (Å²) in [5.41, 5.74) is 4.41. The molecule has 5 rings (SSSR count). The number of benzene rings is 2. The second-order valence-electron chi connectivity index (χ2n) is 7.99. The van der Waals surface area contributed by atoms with Crippen molar-refractivity contribution in [2.75, 3.05) is 11.4 Å². The van der Waals surface area contributed by atoms with Crippen molar-refractivity contribution >= 4 is 11.6 Å². The number of carbonyl (C=O) groups is 1. The Morgan fingerprint density at radius 3 is 2.59 bits per heavy atom. The van der Waals surface area contributed by atoms with Gasteiger partial charge >= 0.3 is 0 Å². The molecule has 0 aliphatic carbocycles. The minimum absolute atomic E-state index is 0.119. The summed E-state index contributed by atoms with van der Waals surface area (Å²) >= 11 is 0. The molecule has 1 amide bonds. The zero-order valence-electron chi connectivity index (χ0n) is 17.7. The van der Waals surface area contributed by atoms with E-state index in [1.807, 2.05) is 55.5 Å². The molecule has 0 unspecified atom stereocenters. The van der Waals surface area contributed by atoms with Crippen molar-refractivity contribution in [1.82, 2.24) is 14.7 Å². The summed E-state index contributed by atoms with van der Waals surface area (Å²) in [5, 5.41) is 4.09. The summed E-state index contributed by atoms with van der Waals surface area (Å²) in [6.07, 6.45) is 3.23. The van der Waals surface area contributed by atoms with E-state index in [0.717, 1.165) is 35.3 Å². The lowest BCUT2D eigenvalue weighted by atomic mass is 10.1. The molecule has 2 aromatic carbocycles. The molecule has 1 saturated heterocycles. The van der Waals surface area contributed by atoms with Crippen LogP contribution in [0.1, 0.15) is 24.0 Å². The summed E-state index contributed by atoms with van der Waals surface area (Å²) in [5.74, 6) is 1.03. The SMILES string of the molecule is Cc1cccc(-c2noc(-c3ccc(=O)n(Cc4ccc(N5CCCC5=O)cc4)c3)n2)c1. The van der Waals surface area contributed by atoms with Gasteiger partial charge in [0.05, 0.1) is 12.1 Å². The van der Waals surface area contributed by atoms with E-state index in [0.29, 0.717) is 30.2 Å². The van der Waals surface area contributed by atoms with Gasteiger partial charge in [-0.05, 0) is 43.2 Å². The van der Waals surface area contributed by atoms with E-state index in [2.05, 4.69) is 10.1 Å². The molecular formula is C25H22N4O3. The van der Waals surface area contributed by atoms with Crippen molar-refractivity contribution in [1.29, 1.82) is 0 Å². The fourth-order valence-corrected chi connectivity index (χ4v) is 3.92. The molecule has 0 bridgehead atoms. The van der Waals surface area contributed by atoms with E-state index in [1.165, 1.54) is 6.07 Å². The van der Waals surface area contributed by atoms with Gasteiger partial charge in [-0.3, -0.25) is 9.59 Å². The first kappa shape index (κ1) is 19.9. The van der Waals surface area contributed by atoms with Gasteiger partial charge in [0.15, 0.2) is 0 Å². The van der Waals surface area contributed by atoms with Crippen LogP contribution in [0.3, 0.4) is 0 Å². The van der Waals surface area contributed by atoms with E-state index in [4.69, 9.17) is 4.52 Å². The van der Waals surface area contributed by atoms with Crippen molar-refractivity contribution in [2.45, 2.75) is 26.3 Å². The third-order valence-electron chi connectivity index (χ3n) is 5.61. The van der Waals surface area contributed by atoms with Gasteiger partial charge in [-0.1, -0.05) is 41.1 Å². The van der Waals surface area contributed by atoms with Gasteiger partial charge in [0, 0.05) is 36.5 Å². The summed E-state index contributed by atoms with van der Waals surface area (Å²) in [4.78, 5) is 30.7. The zero-order valence-corrected chi connectivity index (χ0v) is 17.7. The normalized spacial score (nSPS) is 13.7. The van der Waals surface area contributed by atoms with E-state index in [9.17, 15) is 9.59 Å². The minimum atomic E-state index is -0.119. The molecule has 0 radical (unpaired) electrons. The van der Waals surface area contributed by atoms with Gasteiger partial charge in [0.25, 0.3) is 11.4 Å². The van der Waals surface area contributed by atoms with Crippen LogP contribution in [0.15, 0.2) is 76.2 Å². The third kappa shape index (κ3) is 3.97. The summed E-state index contributed by atoms with van der Waals surface area (Å²) in [7, 11) is 0. The largest absolute Gasteiger partial charge is 0.334 e. The number of anilines is 1. The number of aryl methyl sites for hydroxylation is 1. The maximum atomic E-state index is 12.4. The van der Waals surface area contributed by atoms with Gasteiger partial charge in [-0.25, -0.2) is 0 Å². The van der Waals surface area contributed by atoms with Crippen LogP contribution in [0.2, 0.25) is 0 Å². The topological polar surface area (TPSA) is 81.2 Å². The van der Waals surface area contributed by atoms with Gasteiger partial charge in [0.2, 0.25) is 11.7 Å². The van der Waals surface area contributed by atoms with Crippen molar-refractivity contribution in [3.05, 3.63) is 88.3 Å². The van der Waals surface area contributed by atoms with Gasteiger partial charge < -0.3 is 14.0 Å². The molecule has 4 aromatic rings. The Bertz CT molecular complexity index is 1340. The van der Waals surface area contributed by atoms with Crippen LogP contribution in [0.25, 0.3) is 22.8 Å². The number of carbonyl (C=O) groups excluding carboxylic acids is 1. The molecule has 7 heteroatoms. The zero-order chi connectivity index (χ0) is 22.1. The second-order valence-corrected chi connectivity index (χ2v) is 7.99. The van der Waals surface area contributed by atoms with Crippen LogP contribution < -0.4 is 10.5 Å². The van der Waals surface area contributed by atoms with Crippen LogP contribution in [-0.2, 0) is 11.3 Å². The number of hydrogen-bond donors (Lipinski definition) is 0. The first-order chi connectivity index (χ1) is 15.6. The Morgan fingerprint density at radius 1 is 1.00 bits per heavy atom. The lowest BCUT2D eigenvalue weighted by Gasteiger charge is -2.16. The highest BCUT2D eigenvalue weighted by molar-refractivity contribution is 5.95. The molecule has 2 aromatic heterocycles. The highest BCUT2D eigenvalue weighted by Gasteiger charge is 2.21. The molecule has 160 valence electrons. The van der Waals surface area contributed by atoms with Crippen molar-refractivity contribution in [2.24, 2.45) is 0 Å². The first-order valence-electron chi connectivity index (χ1n) is 10.6. The Balaban J connectivity index is 1.38. The molecule has 0 N–H and O–H groups in total. The molecule has 1 aliphatic rings. The minimum Gasteiger partial charge on any atom is -0.334 e. The number of hydrogen-bond acceptors (Lipinski definition) is 5. The average molecular weight is 426 g/mol. The quantitative estimate of drug-likeness (QED) is 0.481. The Kier molecular flexibility index (Phi) is 5.15. The predicted molar refractivity (Wildman–Crippen MR) is 121 cm³/mol. The number of amides is 1. The highest BCUT2D eigenvalue weighted by atomic mass is 16.5. The lowest BCUT2D eigenvalue weighted by molar-refractivity contribution is -0.117. The third-order valence-corrected chi connectivity index (χ3v) is 5.61. The molecule has 3 heterocycles. The first-order valence-corrected chi connectivity index (χ1v) is 10.6. The standard InChI is InChI=1S/C25H22N4O3/c1-17-4-2-5-19(14-17)24-26-25(32-27-24)20-9-12-22(30)28(16-20)15-18-7-10-21(11-8-18)29-13-3-6-23(29)31/h2,4-5,7-12,14,16H,3,6,13,15H2,1H3. The van der Waals surface area contributed by atoms with E-state index >= 15 is 0 Å². The van der Waals surface area contributed by atoms with Crippen molar-refractivity contribution in [3.8, 4) is 22.8 Å². The maximum Gasteiger partial charge on any atom is 0.259 e. The van der Waals surface area contributed by atoms with E-state index < -0.39 is 0 Å². The van der Waals surface area contributed by atoms with Crippen molar-refractivity contribution in [3.63, 3.8) is 0 Å². The number of rotatable bonds is 5. The lowest BCUT2D eigenvalue weighted by Crippen LogP contribution is -2.23. The Morgan fingerprint density at radius 2 is 1.84 bits per heavy atom. The molecule has 1 aliphatic heterocycles. The fourth-order valence-electron chi connectivity index (χ4n) is 3.92. The maximum absolute atomic E-state index is 12.4.